The van der Waals surface area contributed by atoms with Gasteiger partial charge in [0.2, 0.25) is 6.79 Å². The van der Waals surface area contributed by atoms with E-state index in [1.54, 1.807) is 0 Å². The quantitative estimate of drug-likeness (QED) is 0.677. The highest BCUT2D eigenvalue weighted by Gasteiger charge is 2.21. The summed E-state index contributed by atoms with van der Waals surface area (Å²) in [6, 6.07) is 1.87. The van der Waals surface area contributed by atoms with Crippen LogP contribution in [0.15, 0.2) is 12.1 Å². The van der Waals surface area contributed by atoms with Crippen molar-refractivity contribution in [2.75, 3.05) is 6.79 Å². The third-order valence-corrected chi connectivity index (χ3v) is 1.73. The van der Waals surface area contributed by atoms with Crippen molar-refractivity contribution in [2.24, 2.45) is 0 Å². The molecular weight excluding hydrogens is 185 g/mol. The number of halogens is 3. The molecule has 2 nitrogen and oxygen atoms in total. The molecule has 1 heterocycles. The Morgan fingerprint density at radius 2 is 1.77 bits per heavy atom. The van der Waals surface area contributed by atoms with Crippen LogP contribution >= 0.6 is 0 Å². The number of alkyl halides is 2. The number of ether oxygens (including phenoxy) is 2. The summed E-state index contributed by atoms with van der Waals surface area (Å²) >= 11 is 0. The topological polar surface area (TPSA) is 18.5 Å². The van der Waals surface area contributed by atoms with Crippen LogP contribution in [0.4, 0.5) is 13.2 Å². The largest absolute Gasteiger partial charge is 0.454 e. The summed E-state index contributed by atoms with van der Waals surface area (Å²) in [7, 11) is 0. The van der Waals surface area contributed by atoms with Crippen LogP contribution in [0.5, 0.6) is 11.5 Å². The number of benzene rings is 1. The normalized spacial score (nSPS) is 13.8. The summed E-state index contributed by atoms with van der Waals surface area (Å²) < 4.78 is 46.8. The fourth-order valence-electron chi connectivity index (χ4n) is 1.10. The van der Waals surface area contributed by atoms with Crippen LogP contribution in [0.3, 0.4) is 0 Å². The molecule has 0 atom stereocenters. The molecule has 0 saturated carbocycles. The molecule has 2 rings (SSSR count). The average molecular weight is 190 g/mol. The van der Waals surface area contributed by atoms with Crippen molar-refractivity contribution in [1.82, 2.24) is 0 Å². The molecule has 0 fully saturated rings. The monoisotopic (exact) mass is 190 g/mol. The lowest BCUT2D eigenvalue weighted by atomic mass is 10.2. The van der Waals surface area contributed by atoms with Crippen LogP contribution in [0.1, 0.15) is 12.0 Å². The van der Waals surface area contributed by atoms with Crippen LogP contribution in [-0.4, -0.2) is 6.79 Å². The van der Waals surface area contributed by atoms with E-state index in [1.165, 1.54) is 0 Å². The summed E-state index contributed by atoms with van der Waals surface area (Å²) in [6.07, 6.45) is -2.84. The third kappa shape index (κ3) is 1.30. The van der Waals surface area contributed by atoms with Gasteiger partial charge in [-0.1, -0.05) is 0 Å². The first-order chi connectivity index (χ1) is 6.18. The second-order valence-electron chi connectivity index (χ2n) is 2.53. The summed E-state index contributed by atoms with van der Waals surface area (Å²) in [5.74, 6) is -0.641. The average Bonchev–Trinajstić information content (AvgIpc) is 2.48. The minimum atomic E-state index is -2.84. The number of hydrogen-bond acceptors (Lipinski definition) is 2. The first-order valence-corrected chi connectivity index (χ1v) is 3.55. The van der Waals surface area contributed by atoms with Gasteiger partial charge in [-0.05, 0) is 6.07 Å². The van der Waals surface area contributed by atoms with Crippen LogP contribution < -0.4 is 9.47 Å². The SMILES string of the molecule is Fc1cc2c(cc1C(F)F)OCO2. The van der Waals surface area contributed by atoms with Gasteiger partial charge in [-0.3, -0.25) is 0 Å². The number of rotatable bonds is 1. The molecule has 0 unspecified atom stereocenters. The van der Waals surface area contributed by atoms with E-state index >= 15 is 0 Å². The molecule has 1 aliphatic heterocycles. The molecule has 0 saturated heterocycles. The lowest BCUT2D eigenvalue weighted by Gasteiger charge is -2.02. The van der Waals surface area contributed by atoms with Crippen molar-refractivity contribution in [3.8, 4) is 11.5 Å². The number of fused-ring (bicyclic) bond motifs is 1. The van der Waals surface area contributed by atoms with Gasteiger partial charge in [0.15, 0.2) is 11.5 Å². The maximum Gasteiger partial charge on any atom is 0.266 e. The van der Waals surface area contributed by atoms with Crippen molar-refractivity contribution in [1.29, 1.82) is 0 Å². The lowest BCUT2D eigenvalue weighted by molar-refractivity contribution is 0.145. The van der Waals surface area contributed by atoms with Crippen LogP contribution in [0.25, 0.3) is 0 Å². The van der Waals surface area contributed by atoms with E-state index < -0.39 is 17.8 Å². The minimum Gasteiger partial charge on any atom is -0.454 e. The molecule has 1 aromatic carbocycles. The van der Waals surface area contributed by atoms with Gasteiger partial charge in [0.1, 0.15) is 5.82 Å². The smallest absolute Gasteiger partial charge is 0.266 e. The molecule has 0 N–H and O–H groups in total. The van der Waals surface area contributed by atoms with Gasteiger partial charge < -0.3 is 9.47 Å². The van der Waals surface area contributed by atoms with Crippen LogP contribution in [-0.2, 0) is 0 Å². The van der Waals surface area contributed by atoms with Gasteiger partial charge in [-0.15, -0.1) is 0 Å². The highest BCUT2D eigenvalue weighted by Crippen LogP contribution is 2.37. The van der Waals surface area contributed by atoms with E-state index in [-0.39, 0.29) is 18.3 Å². The van der Waals surface area contributed by atoms with E-state index in [9.17, 15) is 13.2 Å². The third-order valence-electron chi connectivity index (χ3n) is 1.73. The molecular formula is C8H5F3O2. The van der Waals surface area contributed by atoms with Gasteiger partial charge in [0.05, 0.1) is 5.56 Å². The first-order valence-electron chi connectivity index (χ1n) is 3.55. The minimum absolute atomic E-state index is 0.0541. The number of hydrogen-bond donors (Lipinski definition) is 0. The van der Waals surface area contributed by atoms with Crippen molar-refractivity contribution in [3.63, 3.8) is 0 Å². The molecule has 1 aromatic rings. The van der Waals surface area contributed by atoms with E-state index in [4.69, 9.17) is 9.47 Å². The van der Waals surface area contributed by atoms with Gasteiger partial charge in [0.25, 0.3) is 6.43 Å². The first kappa shape index (κ1) is 8.22. The molecule has 13 heavy (non-hydrogen) atoms. The van der Waals surface area contributed by atoms with Crippen LogP contribution in [0.2, 0.25) is 0 Å². The second-order valence-corrected chi connectivity index (χ2v) is 2.53. The zero-order valence-corrected chi connectivity index (χ0v) is 6.39. The van der Waals surface area contributed by atoms with Crippen LogP contribution in [0, 0.1) is 5.82 Å². The van der Waals surface area contributed by atoms with Gasteiger partial charge in [-0.2, -0.15) is 0 Å². The van der Waals surface area contributed by atoms with E-state index in [0.717, 1.165) is 12.1 Å². The zero-order valence-electron chi connectivity index (χ0n) is 6.39. The predicted molar refractivity (Wildman–Crippen MR) is 37.5 cm³/mol. The predicted octanol–water partition coefficient (Wildman–Crippen LogP) is 2.49. The molecule has 0 spiro atoms. The van der Waals surface area contributed by atoms with E-state index in [2.05, 4.69) is 0 Å². The Kier molecular flexibility index (Phi) is 1.79. The second kappa shape index (κ2) is 2.83. The molecule has 0 bridgehead atoms. The Morgan fingerprint density at radius 3 is 2.38 bits per heavy atom. The van der Waals surface area contributed by atoms with Crippen molar-refractivity contribution in [2.45, 2.75) is 6.43 Å². The Hall–Kier alpha value is -1.39. The summed E-state index contributed by atoms with van der Waals surface area (Å²) in [5.41, 5.74) is -0.663. The maximum atomic E-state index is 12.9. The summed E-state index contributed by atoms with van der Waals surface area (Å²) in [5, 5.41) is 0. The van der Waals surface area contributed by atoms with Crippen molar-refractivity contribution in [3.05, 3.63) is 23.5 Å². The highest BCUT2D eigenvalue weighted by atomic mass is 19.3. The van der Waals surface area contributed by atoms with Gasteiger partial charge in [0, 0.05) is 6.07 Å². The zero-order chi connectivity index (χ0) is 9.42. The molecule has 5 heteroatoms. The maximum absolute atomic E-state index is 12.9. The lowest BCUT2D eigenvalue weighted by Crippen LogP contribution is -1.92. The highest BCUT2D eigenvalue weighted by molar-refractivity contribution is 5.45. The Bertz CT molecular complexity index is 338. The molecule has 0 radical (unpaired) electrons. The Morgan fingerprint density at radius 1 is 1.15 bits per heavy atom. The van der Waals surface area contributed by atoms with Crippen molar-refractivity contribution < 1.29 is 22.6 Å². The summed E-state index contributed by atoms with van der Waals surface area (Å²) in [6.45, 7) is -0.0541. The fraction of sp³-hybridized carbons (Fsp3) is 0.250. The van der Waals surface area contributed by atoms with E-state index in [0.29, 0.717) is 0 Å². The molecule has 0 aliphatic carbocycles. The molecule has 70 valence electrons. The fourth-order valence-corrected chi connectivity index (χ4v) is 1.10. The molecule has 0 amide bonds. The Labute approximate surface area is 71.9 Å². The molecule has 0 aromatic heterocycles. The van der Waals surface area contributed by atoms with Gasteiger partial charge >= 0.3 is 0 Å². The molecule has 1 aliphatic rings. The van der Waals surface area contributed by atoms with Crippen molar-refractivity contribution >= 4 is 0 Å². The Balaban J connectivity index is 2.49. The summed E-state index contributed by atoms with van der Waals surface area (Å²) in [4.78, 5) is 0. The standard InChI is InChI=1S/C8H5F3O2/c9-5-2-7-6(12-3-13-7)1-4(5)8(10)11/h1-2,8H,3H2. The van der Waals surface area contributed by atoms with E-state index in [1.807, 2.05) is 0 Å². The van der Waals surface area contributed by atoms with Gasteiger partial charge in [-0.25, -0.2) is 13.2 Å².